The summed E-state index contributed by atoms with van der Waals surface area (Å²) in [7, 11) is 4.21. The topological polar surface area (TPSA) is 76.6 Å². The molecule has 1 aliphatic carbocycles. The second-order valence-electron chi connectivity index (χ2n) is 7.29. The number of hydrogen-bond donors (Lipinski definition) is 2. The zero-order valence-electron chi connectivity index (χ0n) is 15.6. The van der Waals surface area contributed by atoms with Crippen LogP contribution in [0.25, 0.3) is 15.9 Å². The van der Waals surface area contributed by atoms with Crippen molar-refractivity contribution in [2.24, 2.45) is 0 Å². The predicted octanol–water partition coefficient (Wildman–Crippen LogP) is 0.791. The van der Waals surface area contributed by atoms with Crippen molar-refractivity contribution in [3.8, 4) is 0 Å². The summed E-state index contributed by atoms with van der Waals surface area (Å²) in [6, 6.07) is 0. The van der Waals surface area contributed by atoms with Crippen LogP contribution in [0, 0.1) is 6.92 Å². The van der Waals surface area contributed by atoms with E-state index in [-0.39, 0.29) is 11.7 Å². The molecule has 0 spiro atoms. The normalized spacial score (nSPS) is 14.3. The summed E-state index contributed by atoms with van der Waals surface area (Å²) < 4.78 is 1.73. The van der Waals surface area contributed by atoms with E-state index in [0.29, 0.717) is 6.54 Å². The number of amides is 1. The number of carbonyl (C=O) groups is 1. The van der Waals surface area contributed by atoms with Crippen LogP contribution in [0.4, 0.5) is 0 Å². The molecule has 4 rings (SSSR count). The van der Waals surface area contributed by atoms with E-state index in [1.807, 2.05) is 6.92 Å². The van der Waals surface area contributed by atoms with Crippen molar-refractivity contribution in [1.29, 1.82) is 0 Å². The molecule has 0 saturated carbocycles. The molecular weight excluding hydrogens is 348 g/mol. The molecule has 0 aliphatic heterocycles. The number of fused-ring (bicyclic) bond motifs is 5. The Balaban J connectivity index is 1.68. The number of aryl methyl sites for hydroxylation is 3. The van der Waals surface area contributed by atoms with Crippen molar-refractivity contribution in [2.45, 2.75) is 39.0 Å². The van der Waals surface area contributed by atoms with Gasteiger partial charge in [-0.3, -0.25) is 4.79 Å². The van der Waals surface area contributed by atoms with Crippen molar-refractivity contribution in [3.05, 3.63) is 22.1 Å². The smallest absolute Gasteiger partial charge is 0.290 e. The van der Waals surface area contributed by atoms with Gasteiger partial charge in [0.15, 0.2) is 5.65 Å². The number of nitrogens with one attached hydrogen (secondary N) is 2. The Morgan fingerprint density at radius 2 is 2.08 bits per heavy atom. The van der Waals surface area contributed by atoms with Gasteiger partial charge < -0.3 is 10.2 Å². The molecule has 1 aliphatic rings. The van der Waals surface area contributed by atoms with E-state index in [2.05, 4.69) is 29.5 Å². The van der Waals surface area contributed by atoms with Crippen molar-refractivity contribution >= 4 is 33.1 Å². The monoisotopic (exact) mass is 373 g/mol. The highest BCUT2D eigenvalue weighted by molar-refractivity contribution is 7.19. The van der Waals surface area contributed by atoms with Gasteiger partial charge in [0.1, 0.15) is 10.7 Å². The SMILES string of the molecule is Cc1nc2sc3c(c2c2nc(C(=O)NCCC[NH+](C)C)nn12)CCCC3. The molecule has 0 aromatic carbocycles. The summed E-state index contributed by atoms with van der Waals surface area (Å²) in [6.07, 6.45) is 5.57. The largest absolute Gasteiger partial charge is 0.349 e. The van der Waals surface area contributed by atoms with Gasteiger partial charge in [-0.2, -0.15) is 4.52 Å². The molecule has 0 atom stereocenters. The molecular formula is C18H25N6OS+. The van der Waals surface area contributed by atoms with Crippen LogP contribution in [-0.2, 0) is 12.8 Å². The van der Waals surface area contributed by atoms with Crippen LogP contribution >= 0.6 is 11.3 Å². The predicted molar refractivity (Wildman–Crippen MR) is 102 cm³/mol. The molecule has 3 aromatic rings. The molecule has 3 heterocycles. The zero-order valence-corrected chi connectivity index (χ0v) is 16.4. The van der Waals surface area contributed by atoms with E-state index in [9.17, 15) is 4.79 Å². The molecule has 0 saturated heterocycles. The van der Waals surface area contributed by atoms with Crippen LogP contribution in [-0.4, -0.2) is 52.7 Å². The van der Waals surface area contributed by atoms with E-state index >= 15 is 0 Å². The van der Waals surface area contributed by atoms with Gasteiger partial charge >= 0.3 is 0 Å². The second kappa shape index (κ2) is 6.92. The number of nitrogens with zero attached hydrogens (tertiary/aromatic N) is 4. The van der Waals surface area contributed by atoms with Crippen molar-refractivity contribution in [3.63, 3.8) is 0 Å². The standard InChI is InChI=1S/C18H24N6OS/c1-11-20-18-14(12-7-4-5-8-13(12)26-18)16-21-15(22-24(11)16)17(25)19-9-6-10-23(2)3/h4-10H2,1-3H3,(H,19,25)/p+1. The van der Waals surface area contributed by atoms with Crippen LogP contribution in [0.1, 0.15) is 46.1 Å². The van der Waals surface area contributed by atoms with E-state index in [4.69, 9.17) is 4.98 Å². The molecule has 0 bridgehead atoms. The second-order valence-corrected chi connectivity index (χ2v) is 8.37. The molecule has 0 radical (unpaired) electrons. The summed E-state index contributed by atoms with van der Waals surface area (Å²) >= 11 is 1.77. The van der Waals surface area contributed by atoms with E-state index in [0.717, 1.165) is 47.5 Å². The van der Waals surface area contributed by atoms with Crippen molar-refractivity contribution in [2.75, 3.05) is 27.2 Å². The number of aromatic nitrogens is 4. The Labute approximate surface area is 156 Å². The minimum absolute atomic E-state index is 0.209. The molecule has 0 unspecified atom stereocenters. The summed E-state index contributed by atoms with van der Waals surface area (Å²) in [4.78, 5) is 25.6. The fourth-order valence-electron chi connectivity index (χ4n) is 3.57. The minimum Gasteiger partial charge on any atom is -0.349 e. The Morgan fingerprint density at radius 3 is 2.88 bits per heavy atom. The average molecular weight is 374 g/mol. The first-order valence-corrected chi connectivity index (χ1v) is 10.1. The van der Waals surface area contributed by atoms with E-state index in [1.165, 1.54) is 28.2 Å². The first kappa shape index (κ1) is 17.4. The molecule has 0 fully saturated rings. The molecule has 7 nitrogen and oxygen atoms in total. The molecule has 1 amide bonds. The van der Waals surface area contributed by atoms with Crippen LogP contribution in [0.5, 0.6) is 0 Å². The highest BCUT2D eigenvalue weighted by Gasteiger charge is 2.23. The van der Waals surface area contributed by atoms with Gasteiger partial charge in [0, 0.05) is 17.8 Å². The first-order chi connectivity index (χ1) is 12.5. The van der Waals surface area contributed by atoms with Gasteiger partial charge in [0.05, 0.1) is 26.0 Å². The maximum atomic E-state index is 12.5. The number of hydrogen-bond acceptors (Lipinski definition) is 5. The molecule has 2 N–H and O–H groups in total. The Morgan fingerprint density at radius 1 is 1.27 bits per heavy atom. The Bertz CT molecular complexity index is 973. The van der Waals surface area contributed by atoms with Gasteiger partial charge in [-0.1, -0.05) is 0 Å². The quantitative estimate of drug-likeness (QED) is 0.649. The van der Waals surface area contributed by atoms with Gasteiger partial charge in [-0.25, -0.2) is 9.97 Å². The van der Waals surface area contributed by atoms with Crippen LogP contribution in [0.15, 0.2) is 0 Å². The molecule has 138 valence electrons. The Hall–Kier alpha value is -2.06. The third-order valence-corrected chi connectivity index (χ3v) is 6.08. The lowest BCUT2D eigenvalue weighted by atomic mass is 9.97. The number of rotatable bonds is 5. The van der Waals surface area contributed by atoms with Crippen molar-refractivity contribution in [1.82, 2.24) is 24.9 Å². The molecule has 8 heteroatoms. The van der Waals surface area contributed by atoms with E-state index < -0.39 is 0 Å². The first-order valence-electron chi connectivity index (χ1n) is 9.29. The van der Waals surface area contributed by atoms with Gasteiger partial charge in [-0.05, 0) is 38.2 Å². The molecule has 26 heavy (non-hydrogen) atoms. The number of quaternary nitrogens is 1. The van der Waals surface area contributed by atoms with Crippen LogP contribution < -0.4 is 10.2 Å². The van der Waals surface area contributed by atoms with Crippen LogP contribution in [0.3, 0.4) is 0 Å². The average Bonchev–Trinajstić information content (AvgIpc) is 3.19. The lowest BCUT2D eigenvalue weighted by Gasteiger charge is -2.10. The number of thiophene rings is 1. The maximum Gasteiger partial charge on any atom is 0.290 e. The maximum absolute atomic E-state index is 12.5. The fourth-order valence-corrected chi connectivity index (χ4v) is 4.88. The molecule has 3 aromatic heterocycles. The summed E-state index contributed by atoms with van der Waals surface area (Å²) in [5, 5.41) is 8.46. The highest BCUT2D eigenvalue weighted by Crippen LogP contribution is 2.37. The van der Waals surface area contributed by atoms with Gasteiger partial charge in [0.25, 0.3) is 5.91 Å². The lowest BCUT2D eigenvalue weighted by molar-refractivity contribution is -0.858. The van der Waals surface area contributed by atoms with Gasteiger partial charge in [0.2, 0.25) is 5.82 Å². The van der Waals surface area contributed by atoms with E-state index in [1.54, 1.807) is 15.9 Å². The summed E-state index contributed by atoms with van der Waals surface area (Å²) in [5.74, 6) is 0.795. The Kier molecular flexibility index (Phi) is 4.62. The highest BCUT2D eigenvalue weighted by atomic mass is 32.1. The third-order valence-electron chi connectivity index (χ3n) is 4.90. The zero-order chi connectivity index (χ0) is 18.3. The third kappa shape index (κ3) is 3.07. The lowest BCUT2D eigenvalue weighted by Crippen LogP contribution is -3.05. The summed E-state index contributed by atoms with van der Waals surface area (Å²) in [5.41, 5.74) is 2.14. The number of carbonyl (C=O) groups excluding carboxylic acids is 1. The summed E-state index contributed by atoms with van der Waals surface area (Å²) in [6.45, 7) is 3.57. The fraction of sp³-hybridized carbons (Fsp3) is 0.556. The van der Waals surface area contributed by atoms with Crippen molar-refractivity contribution < 1.29 is 9.69 Å². The minimum atomic E-state index is -0.209. The van der Waals surface area contributed by atoms with Gasteiger partial charge in [-0.15, -0.1) is 16.4 Å². The van der Waals surface area contributed by atoms with Crippen LogP contribution in [0.2, 0.25) is 0 Å².